The molecule has 0 saturated heterocycles. The number of nitrogens with zero attached hydrogens (tertiary/aromatic N) is 1. The summed E-state index contributed by atoms with van der Waals surface area (Å²) >= 11 is -0.644. The third-order valence-electron chi connectivity index (χ3n) is 9.27. The zero-order chi connectivity index (χ0) is 48.8. The standard InChI is InChI=1S/C42H61N11O11Se/c1-22(2)18-30(49-25(5)55)37(60)52-31(19-26-13-15-27(56)16-14-26)38(61)50-29(12-9-17-46-42(44)45)36(59)47-23(3)35(58)51-32(20-34(43)57)39(62)53-33(21-54)40(63)48-24(4)41(64)65-28-10-7-6-8-11-28/h6-8,10-11,13-16,22-24,29-33,54,56H,9,12,17-21H2,1-5H3,(H2,43,57)(H,47,59)(H,48,63)(H,49,55)(H,50,61)(H,51,58)(H,52,60)(H,53,62)(H4,44,45,46)/t23-,24?,29-,30-,31-,32-,33-/m0/s1. The molecule has 23 heteroatoms. The Labute approximate surface area is 383 Å². The molecule has 0 spiro atoms. The first-order valence-electron chi connectivity index (χ1n) is 20.7. The maximum atomic E-state index is 14.0. The van der Waals surface area contributed by atoms with Crippen molar-refractivity contribution in [2.24, 2.45) is 28.1 Å². The molecule has 1 unspecified atom stereocenters. The van der Waals surface area contributed by atoms with Gasteiger partial charge in [0.1, 0.15) is 23.9 Å². The predicted molar refractivity (Wildman–Crippen MR) is 239 cm³/mol. The van der Waals surface area contributed by atoms with Crippen LogP contribution in [0, 0.1) is 5.92 Å². The number of carbonyl (C=O) groups excluding carboxylic acids is 9. The number of nitrogens with two attached hydrogens (primary N) is 3. The Morgan fingerprint density at radius 3 is 1.72 bits per heavy atom. The number of carbonyl (C=O) groups is 9. The Morgan fingerprint density at radius 2 is 1.15 bits per heavy atom. The fourth-order valence-electron chi connectivity index (χ4n) is 5.96. The van der Waals surface area contributed by atoms with E-state index >= 15 is 0 Å². The molecule has 0 saturated carbocycles. The van der Waals surface area contributed by atoms with Crippen LogP contribution in [-0.2, 0) is 49.6 Å². The number of aliphatic hydroxyl groups excluding tert-OH is 1. The number of phenols is 1. The van der Waals surface area contributed by atoms with Gasteiger partial charge in [-0.2, -0.15) is 0 Å². The van der Waals surface area contributed by atoms with E-state index in [-0.39, 0.29) is 54.5 Å². The van der Waals surface area contributed by atoms with Crippen LogP contribution in [0.3, 0.4) is 0 Å². The Kier molecular flexibility index (Phi) is 23.1. The maximum absolute atomic E-state index is 14.0. The SMILES string of the molecule is CC(=O)N[C@@H](CC(C)C)C(=O)N[C@@H](Cc1ccc(O)cc1)C(=O)N[C@@H](CCCN=C(N)N)C(=O)N[C@@H](C)C(=O)N[C@@H](CC(N)=O)C(=O)N[C@@H](CO)C(=O)NC(C)C(=O)[Se]c1ccccc1. The zero-order valence-corrected chi connectivity index (χ0v) is 38.6. The van der Waals surface area contributed by atoms with Crippen molar-refractivity contribution in [1.82, 2.24) is 37.2 Å². The molecule has 2 aromatic carbocycles. The van der Waals surface area contributed by atoms with Gasteiger partial charge in [-0.1, -0.05) is 26.0 Å². The third-order valence-corrected chi connectivity index (χ3v) is 11.5. The second-order valence-electron chi connectivity index (χ2n) is 15.5. The van der Waals surface area contributed by atoms with Crippen LogP contribution in [0.4, 0.5) is 0 Å². The van der Waals surface area contributed by atoms with Gasteiger partial charge in [-0.05, 0) is 42.9 Å². The quantitative estimate of drug-likeness (QED) is 0.0176. The fourth-order valence-corrected chi connectivity index (χ4v) is 7.56. The minimum atomic E-state index is -1.70. The molecule has 0 aliphatic heterocycles. The average molecular weight is 975 g/mol. The molecule has 15 N–H and O–H groups in total. The van der Waals surface area contributed by atoms with Crippen LogP contribution >= 0.6 is 0 Å². The molecule has 65 heavy (non-hydrogen) atoms. The van der Waals surface area contributed by atoms with Gasteiger partial charge in [-0.25, -0.2) is 0 Å². The molecule has 0 radical (unpaired) electrons. The number of amides is 8. The molecule has 8 amide bonds. The van der Waals surface area contributed by atoms with Crippen LogP contribution in [0.2, 0.25) is 0 Å². The van der Waals surface area contributed by atoms with Crippen molar-refractivity contribution in [3.05, 3.63) is 60.2 Å². The Balaban J connectivity index is 2.27. The van der Waals surface area contributed by atoms with Crippen molar-refractivity contribution in [1.29, 1.82) is 0 Å². The molecule has 0 aliphatic carbocycles. The number of nitrogens with one attached hydrogen (secondary N) is 7. The minimum absolute atomic E-state index is 0.0260. The van der Waals surface area contributed by atoms with Crippen LogP contribution in [0.15, 0.2) is 59.6 Å². The van der Waals surface area contributed by atoms with Crippen molar-refractivity contribution >= 4 is 77.3 Å². The Morgan fingerprint density at radius 1 is 0.631 bits per heavy atom. The molecule has 0 fully saturated rings. The van der Waals surface area contributed by atoms with E-state index in [1.165, 1.54) is 45.0 Å². The summed E-state index contributed by atoms with van der Waals surface area (Å²) in [5.74, 6) is -7.20. The predicted octanol–water partition coefficient (Wildman–Crippen LogP) is -4.09. The van der Waals surface area contributed by atoms with Gasteiger partial charge in [0.05, 0.1) is 0 Å². The van der Waals surface area contributed by atoms with Gasteiger partial charge < -0.3 is 32.5 Å². The summed E-state index contributed by atoms with van der Waals surface area (Å²) < 4.78 is 0.476. The monoisotopic (exact) mass is 975 g/mol. The van der Waals surface area contributed by atoms with Crippen molar-refractivity contribution in [2.75, 3.05) is 13.2 Å². The van der Waals surface area contributed by atoms with Gasteiger partial charge in [0.2, 0.25) is 23.6 Å². The van der Waals surface area contributed by atoms with E-state index in [2.05, 4.69) is 42.2 Å². The third kappa shape index (κ3) is 20.6. The number of aliphatic imine (C=N–C) groups is 1. The van der Waals surface area contributed by atoms with Crippen LogP contribution in [0.5, 0.6) is 5.75 Å². The number of rotatable bonds is 27. The molecule has 0 heterocycles. The van der Waals surface area contributed by atoms with Gasteiger partial charge in [-0.3, -0.25) is 24.2 Å². The van der Waals surface area contributed by atoms with Gasteiger partial charge in [0.25, 0.3) is 0 Å². The van der Waals surface area contributed by atoms with Crippen LogP contribution in [0.25, 0.3) is 0 Å². The summed E-state index contributed by atoms with van der Waals surface area (Å²) in [7, 11) is 0. The van der Waals surface area contributed by atoms with E-state index in [1.54, 1.807) is 30.3 Å². The molecule has 0 aliphatic rings. The summed E-state index contributed by atoms with van der Waals surface area (Å²) in [4.78, 5) is 122. The number of aliphatic hydroxyl groups is 1. The first-order valence-corrected chi connectivity index (χ1v) is 22.4. The number of guanidine groups is 1. The van der Waals surface area contributed by atoms with Crippen molar-refractivity contribution in [2.45, 2.75) is 109 Å². The Hall–Kier alpha value is -6.58. The Bertz CT molecular complexity index is 2000. The van der Waals surface area contributed by atoms with Gasteiger partial charge in [-0.15, -0.1) is 0 Å². The number of phenolic OH excluding ortho intramolecular Hbond substituents is 1. The van der Waals surface area contributed by atoms with Crippen LogP contribution < -0.4 is 58.9 Å². The number of aromatic hydroxyl groups is 1. The van der Waals surface area contributed by atoms with Crippen LogP contribution in [-0.4, -0.2) is 139 Å². The van der Waals surface area contributed by atoms with Crippen molar-refractivity contribution < 1.29 is 53.4 Å². The van der Waals surface area contributed by atoms with Crippen molar-refractivity contribution in [3.63, 3.8) is 0 Å². The van der Waals surface area contributed by atoms with Crippen LogP contribution in [0.1, 0.15) is 65.9 Å². The summed E-state index contributed by atoms with van der Waals surface area (Å²) in [5, 5.41) is 37.1. The summed E-state index contributed by atoms with van der Waals surface area (Å²) in [5.41, 5.74) is 16.8. The molecule has 0 bridgehead atoms. The summed E-state index contributed by atoms with van der Waals surface area (Å²) in [6.07, 6.45) is -0.567. The van der Waals surface area contributed by atoms with E-state index < -0.39 is 118 Å². The van der Waals surface area contributed by atoms with Gasteiger partial charge >= 0.3 is 185 Å². The first kappa shape index (κ1) is 54.6. The topological polar surface area (TPSA) is 369 Å². The van der Waals surface area contributed by atoms with E-state index in [4.69, 9.17) is 17.2 Å². The summed E-state index contributed by atoms with van der Waals surface area (Å²) in [6, 6.07) is 5.27. The zero-order valence-electron chi connectivity index (χ0n) is 36.9. The van der Waals surface area contributed by atoms with Gasteiger partial charge in [0, 0.05) is 19.9 Å². The first-order chi connectivity index (χ1) is 30.6. The van der Waals surface area contributed by atoms with Gasteiger partial charge in [0.15, 0.2) is 5.96 Å². The summed E-state index contributed by atoms with van der Waals surface area (Å²) in [6.45, 7) is 6.75. The molecular formula is C42H61N11O11Se. The molecule has 2 rings (SSSR count). The number of primary amides is 1. The second kappa shape index (κ2) is 27.6. The normalized spacial score (nSPS) is 14.1. The number of benzene rings is 2. The fraction of sp³-hybridized carbons (Fsp3) is 0.476. The van der Waals surface area contributed by atoms with E-state index in [9.17, 15) is 53.4 Å². The van der Waals surface area contributed by atoms with E-state index in [0.29, 0.717) is 5.56 Å². The van der Waals surface area contributed by atoms with E-state index in [0.717, 1.165) is 4.46 Å². The second-order valence-corrected chi connectivity index (χ2v) is 17.8. The molecule has 22 nitrogen and oxygen atoms in total. The molecule has 0 aromatic heterocycles. The average Bonchev–Trinajstić information content (AvgIpc) is 3.23. The molecule has 356 valence electrons. The van der Waals surface area contributed by atoms with Crippen molar-refractivity contribution in [3.8, 4) is 5.75 Å². The molecule has 7 atom stereocenters. The number of hydrogen-bond donors (Lipinski definition) is 12. The number of hydrogen-bond acceptors (Lipinski definition) is 12. The van der Waals surface area contributed by atoms with E-state index in [1.807, 2.05) is 13.8 Å². The molecule has 2 aromatic rings. The molecular weight excluding hydrogens is 913 g/mol.